The van der Waals surface area contributed by atoms with Gasteiger partial charge in [-0.05, 0) is 49.4 Å². The van der Waals surface area contributed by atoms with Gasteiger partial charge in [0.2, 0.25) is 6.79 Å². The first-order chi connectivity index (χ1) is 20.7. The van der Waals surface area contributed by atoms with Gasteiger partial charge < -0.3 is 45.1 Å². The van der Waals surface area contributed by atoms with E-state index in [2.05, 4.69) is 16.0 Å². The number of fused-ring (bicyclic) bond motifs is 2. The average Bonchev–Trinajstić information content (AvgIpc) is 3.47. The lowest BCUT2D eigenvalue weighted by atomic mass is 9.99. The zero-order valence-corrected chi connectivity index (χ0v) is 24.2. The van der Waals surface area contributed by atoms with E-state index in [0.717, 1.165) is 0 Å². The fraction of sp³-hybridized carbons (Fsp3) is 0.323. The molecule has 0 radical (unpaired) electrons. The van der Waals surface area contributed by atoms with Crippen LogP contribution in [0.2, 0.25) is 0 Å². The number of benzene rings is 3. The van der Waals surface area contributed by atoms with Crippen LogP contribution in [0.4, 0.5) is 26.7 Å². The van der Waals surface area contributed by atoms with Crippen molar-refractivity contribution in [1.29, 1.82) is 0 Å². The number of anilines is 3. The molecule has 5 amide bonds. The number of carbonyl (C=O) groups excluding carboxylic acids is 3. The van der Waals surface area contributed by atoms with E-state index < -0.39 is 18.2 Å². The molecule has 5 rings (SSSR count). The van der Waals surface area contributed by atoms with Crippen molar-refractivity contribution < 1.29 is 33.7 Å². The Bertz CT molecular complexity index is 1480. The predicted molar refractivity (Wildman–Crippen MR) is 161 cm³/mol. The first-order valence-electron chi connectivity index (χ1n) is 14.0. The van der Waals surface area contributed by atoms with Crippen LogP contribution in [0.1, 0.15) is 24.2 Å². The molecular weight excluding hydrogens is 554 g/mol. The highest BCUT2D eigenvalue weighted by molar-refractivity contribution is 6.02. The lowest BCUT2D eigenvalue weighted by Gasteiger charge is -2.38. The Morgan fingerprint density at radius 3 is 2.35 bits per heavy atom. The van der Waals surface area contributed by atoms with Crippen LogP contribution < -0.4 is 30.2 Å². The second kappa shape index (κ2) is 12.9. The second-order valence-electron chi connectivity index (χ2n) is 10.7. The van der Waals surface area contributed by atoms with E-state index in [1.54, 1.807) is 67.4 Å². The Kier molecular flexibility index (Phi) is 8.86. The molecule has 3 aromatic rings. The Morgan fingerprint density at radius 1 is 0.953 bits per heavy atom. The standard InChI is InChI=1S/C31H35N5O7/c1-19-15-36(20(2)17-37)29(38)24-13-22(32-30(39)33-23-10-12-26-27(14-23)42-18-41-26)9-11-25(24)43-28(19)16-35(3)31(40)34-21-7-5-4-6-8-21/h4-14,19-20,28,37H,15-18H2,1-3H3,(H,34,40)(H2,32,33,39)/t19-,20+,28+/m1/s1. The Labute approximate surface area is 249 Å². The molecule has 2 aliphatic heterocycles. The van der Waals surface area contributed by atoms with Crippen LogP contribution >= 0.6 is 0 Å². The highest BCUT2D eigenvalue weighted by Crippen LogP contribution is 2.34. The number of ether oxygens (including phenoxy) is 3. The van der Waals surface area contributed by atoms with Gasteiger partial charge in [-0.1, -0.05) is 25.1 Å². The highest BCUT2D eigenvalue weighted by atomic mass is 16.7. The van der Waals surface area contributed by atoms with E-state index in [-0.39, 0.29) is 43.4 Å². The maximum Gasteiger partial charge on any atom is 0.323 e. The summed E-state index contributed by atoms with van der Waals surface area (Å²) >= 11 is 0. The van der Waals surface area contributed by atoms with Crippen molar-refractivity contribution in [2.75, 3.05) is 49.5 Å². The number of amides is 5. The van der Waals surface area contributed by atoms with Crippen LogP contribution in [0, 0.1) is 5.92 Å². The number of nitrogens with one attached hydrogen (secondary N) is 3. The lowest BCUT2D eigenvalue weighted by Crippen LogP contribution is -2.50. The number of aliphatic hydroxyl groups is 1. The van der Waals surface area contributed by atoms with Crippen molar-refractivity contribution in [2.24, 2.45) is 5.92 Å². The molecule has 4 N–H and O–H groups in total. The van der Waals surface area contributed by atoms with Gasteiger partial charge in [-0.25, -0.2) is 9.59 Å². The molecule has 0 aliphatic carbocycles. The van der Waals surface area contributed by atoms with Crippen LogP contribution in [0.25, 0.3) is 0 Å². The molecule has 3 atom stereocenters. The first kappa shape index (κ1) is 29.5. The largest absolute Gasteiger partial charge is 0.487 e. The number of para-hydroxylation sites is 1. The quantitative estimate of drug-likeness (QED) is 0.319. The molecule has 0 saturated heterocycles. The third kappa shape index (κ3) is 6.92. The molecule has 0 saturated carbocycles. The molecule has 2 heterocycles. The SMILES string of the molecule is C[C@@H]1CN([C@@H](C)CO)C(=O)c2cc(NC(=O)Nc3ccc4c(c3)OCO4)ccc2O[C@H]1CN(C)C(=O)Nc1ccccc1. The summed E-state index contributed by atoms with van der Waals surface area (Å²) in [5.41, 5.74) is 1.78. The number of nitrogens with zero attached hydrogens (tertiary/aromatic N) is 2. The predicted octanol–water partition coefficient (Wildman–Crippen LogP) is 4.44. The maximum absolute atomic E-state index is 13.7. The number of rotatable bonds is 7. The van der Waals surface area contributed by atoms with Gasteiger partial charge in [0.1, 0.15) is 11.9 Å². The van der Waals surface area contributed by atoms with Gasteiger partial charge in [0.05, 0.1) is 24.8 Å². The number of aliphatic hydroxyl groups excluding tert-OH is 1. The monoisotopic (exact) mass is 589 g/mol. The fourth-order valence-corrected chi connectivity index (χ4v) is 4.88. The summed E-state index contributed by atoms with van der Waals surface area (Å²) in [7, 11) is 1.68. The molecule has 0 spiro atoms. The minimum atomic E-state index is -0.517. The summed E-state index contributed by atoms with van der Waals surface area (Å²) in [6.45, 7) is 4.14. The normalized spacial score (nSPS) is 18.0. The van der Waals surface area contributed by atoms with Gasteiger partial charge in [-0.3, -0.25) is 4.79 Å². The summed E-state index contributed by atoms with van der Waals surface area (Å²) in [6, 6.07) is 17.7. The third-order valence-electron chi connectivity index (χ3n) is 7.38. The van der Waals surface area contributed by atoms with E-state index in [9.17, 15) is 19.5 Å². The molecule has 43 heavy (non-hydrogen) atoms. The molecule has 0 bridgehead atoms. The van der Waals surface area contributed by atoms with Crippen molar-refractivity contribution in [3.8, 4) is 17.2 Å². The summed E-state index contributed by atoms with van der Waals surface area (Å²) in [5, 5.41) is 18.3. The minimum absolute atomic E-state index is 0.124. The van der Waals surface area contributed by atoms with Gasteiger partial charge in [0.25, 0.3) is 5.91 Å². The third-order valence-corrected chi connectivity index (χ3v) is 7.38. The van der Waals surface area contributed by atoms with Crippen molar-refractivity contribution in [2.45, 2.75) is 26.0 Å². The van der Waals surface area contributed by atoms with E-state index in [1.165, 1.54) is 4.90 Å². The number of hydrogen-bond donors (Lipinski definition) is 4. The van der Waals surface area contributed by atoms with Gasteiger partial charge in [-0.2, -0.15) is 0 Å². The molecule has 3 aromatic carbocycles. The van der Waals surface area contributed by atoms with E-state index in [1.807, 2.05) is 25.1 Å². The van der Waals surface area contributed by atoms with Crippen molar-refractivity contribution in [3.63, 3.8) is 0 Å². The number of urea groups is 2. The summed E-state index contributed by atoms with van der Waals surface area (Å²) in [6.07, 6.45) is -0.472. The van der Waals surface area contributed by atoms with Crippen LogP contribution in [-0.2, 0) is 0 Å². The van der Waals surface area contributed by atoms with E-state index >= 15 is 0 Å². The number of likely N-dealkylation sites (N-methyl/N-ethyl adjacent to an activating group) is 1. The molecule has 0 aromatic heterocycles. The topological polar surface area (TPSA) is 142 Å². The molecule has 0 unspecified atom stereocenters. The van der Waals surface area contributed by atoms with Gasteiger partial charge >= 0.3 is 12.1 Å². The fourth-order valence-electron chi connectivity index (χ4n) is 4.88. The smallest absolute Gasteiger partial charge is 0.323 e. The summed E-state index contributed by atoms with van der Waals surface area (Å²) in [5.74, 6) is 0.936. The van der Waals surface area contributed by atoms with Crippen molar-refractivity contribution >= 4 is 35.0 Å². The highest BCUT2D eigenvalue weighted by Gasteiger charge is 2.34. The maximum atomic E-state index is 13.7. The van der Waals surface area contributed by atoms with E-state index in [0.29, 0.717) is 40.9 Å². The molecule has 12 nitrogen and oxygen atoms in total. The van der Waals surface area contributed by atoms with Crippen LogP contribution in [0.5, 0.6) is 17.2 Å². The summed E-state index contributed by atoms with van der Waals surface area (Å²) in [4.78, 5) is 42.5. The van der Waals surface area contributed by atoms with Gasteiger partial charge in [0.15, 0.2) is 11.5 Å². The molecular formula is C31H35N5O7. The molecule has 226 valence electrons. The van der Waals surface area contributed by atoms with Crippen LogP contribution in [-0.4, -0.2) is 78.6 Å². The minimum Gasteiger partial charge on any atom is -0.487 e. The van der Waals surface area contributed by atoms with Crippen LogP contribution in [0.15, 0.2) is 66.7 Å². The molecule has 2 aliphatic rings. The average molecular weight is 590 g/mol. The summed E-state index contributed by atoms with van der Waals surface area (Å²) < 4.78 is 17.0. The Balaban J connectivity index is 1.34. The molecule has 12 heteroatoms. The van der Waals surface area contributed by atoms with Gasteiger partial charge in [-0.15, -0.1) is 0 Å². The Hall–Kier alpha value is -4.97. The lowest BCUT2D eigenvalue weighted by molar-refractivity contribution is 0.0371. The zero-order valence-electron chi connectivity index (χ0n) is 24.2. The second-order valence-corrected chi connectivity index (χ2v) is 10.7. The van der Waals surface area contributed by atoms with Crippen LogP contribution in [0.3, 0.4) is 0 Å². The molecule has 0 fully saturated rings. The van der Waals surface area contributed by atoms with Crippen molar-refractivity contribution in [1.82, 2.24) is 9.80 Å². The number of hydrogen-bond acceptors (Lipinski definition) is 7. The van der Waals surface area contributed by atoms with E-state index in [4.69, 9.17) is 14.2 Å². The zero-order chi connectivity index (χ0) is 30.5. The van der Waals surface area contributed by atoms with Crippen molar-refractivity contribution in [3.05, 3.63) is 72.3 Å². The Morgan fingerprint density at radius 2 is 1.63 bits per heavy atom. The first-order valence-corrected chi connectivity index (χ1v) is 14.0. The van der Waals surface area contributed by atoms with Gasteiger partial charge in [0, 0.05) is 42.6 Å². The number of carbonyl (C=O) groups is 3.